The second kappa shape index (κ2) is 7.70. The summed E-state index contributed by atoms with van der Waals surface area (Å²) in [6.07, 6.45) is 2.37. The van der Waals surface area contributed by atoms with Gasteiger partial charge in [-0.25, -0.2) is 13.9 Å². The van der Waals surface area contributed by atoms with Crippen LogP contribution in [0.2, 0.25) is 0 Å². The number of furan rings is 1. The molecule has 9 nitrogen and oxygen atoms in total. The van der Waals surface area contributed by atoms with Crippen LogP contribution >= 0.6 is 11.3 Å². The molecule has 0 spiro atoms. The minimum absolute atomic E-state index is 0.139. The van der Waals surface area contributed by atoms with E-state index in [1.54, 1.807) is 23.6 Å². The van der Waals surface area contributed by atoms with Crippen LogP contribution in [0.15, 0.2) is 43.8 Å². The van der Waals surface area contributed by atoms with Crippen molar-refractivity contribution in [1.82, 2.24) is 24.1 Å². The lowest BCUT2D eigenvalue weighted by atomic mass is 10.1. The van der Waals surface area contributed by atoms with Crippen molar-refractivity contribution in [3.05, 3.63) is 56.4 Å². The van der Waals surface area contributed by atoms with Crippen molar-refractivity contribution in [2.45, 2.75) is 33.4 Å². The number of hydrogen-bond donors (Lipinski definition) is 1. The third-order valence-corrected chi connectivity index (χ3v) is 5.51. The summed E-state index contributed by atoms with van der Waals surface area (Å²) in [5.41, 5.74) is -0.227. The highest BCUT2D eigenvalue weighted by Crippen LogP contribution is 2.18. The summed E-state index contributed by atoms with van der Waals surface area (Å²) in [7, 11) is 0. The molecule has 0 saturated heterocycles. The number of aromatic nitrogens is 4. The van der Waals surface area contributed by atoms with E-state index in [9.17, 15) is 14.4 Å². The predicted molar refractivity (Wildman–Crippen MR) is 109 cm³/mol. The standard InChI is InChI=1S/C19H21N5O4S/c1-12(2)5-7-20-15(25)11-23-19(27)24-14-6-9-29-16(14)17(26)22(18(24)21-23)10-13-4-3-8-28-13/h3-4,6,8-9,12H,5,7,10-11H2,1-2H3,(H,20,25). The van der Waals surface area contributed by atoms with Crippen LogP contribution in [0, 0.1) is 5.92 Å². The van der Waals surface area contributed by atoms with E-state index >= 15 is 0 Å². The van der Waals surface area contributed by atoms with Crippen LogP contribution in [-0.4, -0.2) is 31.2 Å². The number of thiophene rings is 1. The fraction of sp³-hybridized carbons (Fsp3) is 0.368. The van der Waals surface area contributed by atoms with Crippen LogP contribution in [-0.2, 0) is 17.9 Å². The second-order valence-electron chi connectivity index (χ2n) is 7.21. The smallest absolute Gasteiger partial charge is 0.352 e. The van der Waals surface area contributed by atoms with Gasteiger partial charge in [0.1, 0.15) is 17.0 Å². The maximum absolute atomic E-state index is 13.0. The molecular formula is C19H21N5O4S. The van der Waals surface area contributed by atoms with Crippen molar-refractivity contribution in [2.24, 2.45) is 5.92 Å². The number of fused-ring (bicyclic) bond motifs is 3. The van der Waals surface area contributed by atoms with Gasteiger partial charge >= 0.3 is 5.69 Å². The molecule has 0 saturated carbocycles. The zero-order chi connectivity index (χ0) is 20.5. The highest BCUT2D eigenvalue weighted by atomic mass is 32.1. The molecule has 0 aliphatic rings. The third-order valence-electron chi connectivity index (χ3n) is 4.62. The first-order valence-corrected chi connectivity index (χ1v) is 10.2. The van der Waals surface area contributed by atoms with E-state index in [1.807, 2.05) is 0 Å². The Morgan fingerprint density at radius 2 is 2.14 bits per heavy atom. The number of amides is 1. The molecule has 0 radical (unpaired) electrons. The van der Waals surface area contributed by atoms with Crippen LogP contribution in [0.1, 0.15) is 26.0 Å². The first-order chi connectivity index (χ1) is 14.0. The van der Waals surface area contributed by atoms with Gasteiger partial charge in [0.25, 0.3) is 5.56 Å². The molecule has 1 N–H and O–H groups in total. The van der Waals surface area contributed by atoms with Crippen LogP contribution in [0.5, 0.6) is 0 Å². The number of nitrogens with zero attached hydrogens (tertiary/aromatic N) is 4. The lowest BCUT2D eigenvalue weighted by Gasteiger charge is -2.06. The van der Waals surface area contributed by atoms with E-state index in [0.29, 0.717) is 28.4 Å². The molecule has 29 heavy (non-hydrogen) atoms. The molecule has 152 valence electrons. The molecule has 0 aromatic carbocycles. The first-order valence-electron chi connectivity index (χ1n) is 9.34. The Bertz CT molecular complexity index is 1280. The van der Waals surface area contributed by atoms with Gasteiger partial charge in [0.15, 0.2) is 0 Å². The van der Waals surface area contributed by atoms with Crippen molar-refractivity contribution < 1.29 is 9.21 Å². The predicted octanol–water partition coefficient (Wildman–Crippen LogP) is 1.68. The Hall–Kier alpha value is -3.14. The van der Waals surface area contributed by atoms with Gasteiger partial charge in [-0.2, -0.15) is 0 Å². The zero-order valence-electron chi connectivity index (χ0n) is 16.1. The number of hydrogen-bond acceptors (Lipinski definition) is 6. The second-order valence-corrected chi connectivity index (χ2v) is 8.13. The fourth-order valence-corrected chi connectivity index (χ4v) is 3.95. The molecular weight excluding hydrogens is 394 g/mol. The number of carbonyl (C=O) groups excluding carboxylic acids is 1. The topological polar surface area (TPSA) is 104 Å². The quantitative estimate of drug-likeness (QED) is 0.495. The Morgan fingerprint density at radius 3 is 2.86 bits per heavy atom. The lowest BCUT2D eigenvalue weighted by Crippen LogP contribution is -2.33. The van der Waals surface area contributed by atoms with Crippen LogP contribution in [0.4, 0.5) is 0 Å². The van der Waals surface area contributed by atoms with Gasteiger partial charge in [0.2, 0.25) is 11.7 Å². The molecule has 0 unspecified atom stereocenters. The maximum atomic E-state index is 13.0. The molecule has 4 heterocycles. The lowest BCUT2D eigenvalue weighted by molar-refractivity contribution is -0.121. The van der Waals surface area contributed by atoms with E-state index in [-0.39, 0.29) is 30.3 Å². The molecule has 0 atom stereocenters. The molecule has 4 aromatic rings. The van der Waals surface area contributed by atoms with Gasteiger partial charge in [-0.05, 0) is 35.9 Å². The summed E-state index contributed by atoms with van der Waals surface area (Å²) in [5, 5.41) is 8.85. The van der Waals surface area contributed by atoms with E-state index in [1.165, 1.54) is 26.6 Å². The van der Waals surface area contributed by atoms with Crippen molar-refractivity contribution >= 4 is 33.2 Å². The minimum Gasteiger partial charge on any atom is -0.467 e. The van der Waals surface area contributed by atoms with Crippen LogP contribution in [0.3, 0.4) is 0 Å². The number of carbonyl (C=O) groups is 1. The number of rotatable bonds is 7. The number of nitrogens with one attached hydrogen (secondary N) is 1. The van der Waals surface area contributed by atoms with Gasteiger partial charge in [-0.3, -0.25) is 14.2 Å². The van der Waals surface area contributed by atoms with Crippen molar-refractivity contribution in [3.8, 4) is 0 Å². The molecule has 1 amide bonds. The van der Waals surface area contributed by atoms with Gasteiger partial charge in [-0.1, -0.05) is 13.8 Å². The molecule has 0 bridgehead atoms. The summed E-state index contributed by atoms with van der Waals surface area (Å²) < 4.78 is 9.67. The molecule has 4 rings (SSSR count). The Kier molecular flexibility index (Phi) is 5.10. The SMILES string of the molecule is CC(C)CCNC(=O)Cn1nc2n(Cc3ccco3)c(=O)c3sccc3n2c1=O. The average Bonchev–Trinajstić information content (AvgIpc) is 3.40. The van der Waals surface area contributed by atoms with Crippen LogP contribution < -0.4 is 16.6 Å². The zero-order valence-corrected chi connectivity index (χ0v) is 16.9. The molecule has 0 aliphatic heterocycles. The monoisotopic (exact) mass is 415 g/mol. The van der Waals surface area contributed by atoms with Crippen molar-refractivity contribution in [3.63, 3.8) is 0 Å². The normalized spacial score (nSPS) is 11.7. The first kappa shape index (κ1) is 19.2. The Balaban J connectivity index is 1.76. The van der Waals surface area contributed by atoms with Crippen molar-refractivity contribution in [1.29, 1.82) is 0 Å². The Labute approximate surface area is 169 Å². The summed E-state index contributed by atoms with van der Waals surface area (Å²) in [6, 6.07) is 5.19. The molecule has 0 fully saturated rings. The molecule has 4 aromatic heterocycles. The maximum Gasteiger partial charge on any atom is 0.352 e. The van der Waals surface area contributed by atoms with Crippen molar-refractivity contribution in [2.75, 3.05) is 6.54 Å². The third kappa shape index (κ3) is 3.63. The average molecular weight is 415 g/mol. The highest BCUT2D eigenvalue weighted by molar-refractivity contribution is 7.17. The van der Waals surface area contributed by atoms with Gasteiger partial charge in [0, 0.05) is 6.54 Å². The molecule has 0 aliphatic carbocycles. The molecule has 10 heteroatoms. The summed E-state index contributed by atoms with van der Waals surface area (Å²) in [4.78, 5) is 38.2. The fourth-order valence-electron chi connectivity index (χ4n) is 3.13. The highest BCUT2D eigenvalue weighted by Gasteiger charge is 2.20. The van der Waals surface area contributed by atoms with E-state index in [0.717, 1.165) is 11.1 Å². The van der Waals surface area contributed by atoms with E-state index in [2.05, 4.69) is 24.3 Å². The van der Waals surface area contributed by atoms with E-state index in [4.69, 9.17) is 4.42 Å². The van der Waals surface area contributed by atoms with Gasteiger partial charge in [-0.15, -0.1) is 16.4 Å². The summed E-state index contributed by atoms with van der Waals surface area (Å²) in [6.45, 7) is 4.61. The van der Waals surface area contributed by atoms with Gasteiger partial charge in [0.05, 0.1) is 18.3 Å². The minimum atomic E-state index is -0.462. The summed E-state index contributed by atoms with van der Waals surface area (Å²) in [5.74, 6) is 0.921. The summed E-state index contributed by atoms with van der Waals surface area (Å²) >= 11 is 1.26. The van der Waals surface area contributed by atoms with Gasteiger partial charge < -0.3 is 9.73 Å². The largest absolute Gasteiger partial charge is 0.467 e. The van der Waals surface area contributed by atoms with E-state index < -0.39 is 5.69 Å². The van der Waals surface area contributed by atoms with Crippen LogP contribution in [0.25, 0.3) is 16.0 Å². The Morgan fingerprint density at radius 1 is 1.31 bits per heavy atom.